The van der Waals surface area contributed by atoms with Crippen LogP contribution >= 0.6 is 11.8 Å². The normalized spacial score (nSPS) is 12.3. The molecule has 3 rings (SSSR count). The highest BCUT2D eigenvalue weighted by Gasteiger charge is 2.28. The summed E-state index contributed by atoms with van der Waals surface area (Å²) in [4.78, 5) is 15.7. The molecular weight excluding hydrogens is 394 g/mol. The first-order valence-electron chi connectivity index (χ1n) is 9.08. The number of aldehydes is 1. The van der Waals surface area contributed by atoms with Crippen LogP contribution in [-0.2, 0) is 20.8 Å². The Morgan fingerprint density at radius 1 is 0.931 bits per heavy atom. The van der Waals surface area contributed by atoms with Gasteiger partial charge in [0.1, 0.15) is 18.3 Å². The molecule has 0 amide bonds. The summed E-state index contributed by atoms with van der Waals surface area (Å²) in [5.74, 6) is 1.27. The average molecular weight is 419 g/mol. The Balaban J connectivity index is 1.93. The Kier molecular flexibility index (Phi) is 7.38. The second-order valence-electron chi connectivity index (χ2n) is 6.27. The van der Waals surface area contributed by atoms with Crippen molar-refractivity contribution in [1.29, 1.82) is 0 Å². The minimum atomic E-state index is 0.153. The van der Waals surface area contributed by atoms with Crippen LogP contribution in [0, 0.1) is 0 Å². The highest BCUT2D eigenvalue weighted by Crippen LogP contribution is 2.53. The third kappa shape index (κ3) is 4.35. The summed E-state index contributed by atoms with van der Waals surface area (Å²) in [5, 5.41) is 0. The fraction of sp³-hybridized carbons (Fsp3) is 0.381. The molecular formula is C21H25NO6S. The SMILES string of the molecule is COCCOCOCc1c(OC)ccc2c1Sc1c(ccc(OC)c1C=O)N2C. The van der Waals surface area contributed by atoms with E-state index >= 15 is 0 Å². The fourth-order valence-corrected chi connectivity index (χ4v) is 4.53. The fourth-order valence-electron chi connectivity index (χ4n) is 3.17. The van der Waals surface area contributed by atoms with Gasteiger partial charge in [-0.25, -0.2) is 0 Å². The maximum Gasteiger partial charge on any atom is 0.155 e. The summed E-state index contributed by atoms with van der Waals surface area (Å²) < 4.78 is 27.0. The van der Waals surface area contributed by atoms with E-state index in [9.17, 15) is 4.79 Å². The minimum absolute atomic E-state index is 0.153. The minimum Gasteiger partial charge on any atom is -0.496 e. The lowest BCUT2D eigenvalue weighted by atomic mass is 10.1. The molecule has 7 nitrogen and oxygen atoms in total. The third-order valence-corrected chi connectivity index (χ3v) is 5.95. The molecule has 0 spiro atoms. The lowest BCUT2D eigenvalue weighted by Crippen LogP contribution is -2.17. The maximum absolute atomic E-state index is 11.8. The van der Waals surface area contributed by atoms with E-state index in [0.717, 1.165) is 38.8 Å². The summed E-state index contributed by atoms with van der Waals surface area (Å²) in [5.41, 5.74) is 3.40. The van der Waals surface area contributed by atoms with Gasteiger partial charge in [-0.1, -0.05) is 11.8 Å². The van der Waals surface area contributed by atoms with Crippen LogP contribution in [0.4, 0.5) is 11.4 Å². The summed E-state index contributed by atoms with van der Waals surface area (Å²) in [6.07, 6.45) is 0.837. The van der Waals surface area contributed by atoms with E-state index in [2.05, 4.69) is 4.90 Å². The maximum atomic E-state index is 11.8. The standard InChI is InChI=1S/C21H25NO6S/c1-22-16-5-7-18(25-3)14(11-23)20(16)29-21-15(12-28-13-27-10-9-24-2)19(26-4)8-6-17(21)22/h5-8,11H,9-10,12-13H2,1-4H3. The number of fused-ring (bicyclic) bond motifs is 2. The first-order valence-corrected chi connectivity index (χ1v) is 9.89. The van der Waals surface area contributed by atoms with E-state index in [4.69, 9.17) is 23.7 Å². The molecule has 0 saturated carbocycles. The average Bonchev–Trinajstić information content (AvgIpc) is 2.75. The number of methoxy groups -OCH3 is 3. The van der Waals surface area contributed by atoms with Gasteiger partial charge in [0.25, 0.3) is 0 Å². The van der Waals surface area contributed by atoms with Crippen molar-refractivity contribution in [3.05, 3.63) is 35.4 Å². The Labute approximate surface area is 174 Å². The topological polar surface area (TPSA) is 66.5 Å². The van der Waals surface area contributed by atoms with Crippen molar-refractivity contribution < 1.29 is 28.5 Å². The Hall–Kier alpha value is -2.26. The van der Waals surface area contributed by atoms with E-state index in [1.54, 1.807) is 21.3 Å². The molecule has 0 radical (unpaired) electrons. The monoisotopic (exact) mass is 419 g/mol. The molecule has 8 heteroatoms. The van der Waals surface area contributed by atoms with Crippen LogP contribution in [-0.4, -0.2) is 54.7 Å². The molecule has 156 valence electrons. The van der Waals surface area contributed by atoms with Gasteiger partial charge in [-0.3, -0.25) is 4.79 Å². The molecule has 1 aliphatic rings. The van der Waals surface area contributed by atoms with Gasteiger partial charge in [-0.2, -0.15) is 0 Å². The first kappa shape index (κ1) is 21.4. The number of benzene rings is 2. The molecule has 0 aliphatic carbocycles. The smallest absolute Gasteiger partial charge is 0.155 e. The van der Waals surface area contributed by atoms with Crippen molar-refractivity contribution in [2.75, 3.05) is 53.3 Å². The molecule has 1 aliphatic heterocycles. The third-order valence-electron chi connectivity index (χ3n) is 4.66. The van der Waals surface area contributed by atoms with Gasteiger partial charge < -0.3 is 28.6 Å². The number of carbonyl (C=O) groups excluding carboxylic acids is 1. The number of nitrogens with zero attached hydrogens (tertiary/aromatic N) is 1. The van der Waals surface area contributed by atoms with Crippen molar-refractivity contribution in [1.82, 2.24) is 0 Å². The molecule has 0 aromatic heterocycles. The lowest BCUT2D eigenvalue weighted by molar-refractivity contribution is -0.0732. The molecule has 0 atom stereocenters. The van der Waals surface area contributed by atoms with Crippen molar-refractivity contribution in [2.24, 2.45) is 0 Å². The van der Waals surface area contributed by atoms with Crippen molar-refractivity contribution in [2.45, 2.75) is 16.4 Å². The summed E-state index contributed by atoms with van der Waals surface area (Å²) in [7, 11) is 6.79. The molecule has 0 saturated heterocycles. The van der Waals surface area contributed by atoms with Crippen LogP contribution in [0.2, 0.25) is 0 Å². The van der Waals surface area contributed by atoms with Gasteiger partial charge in [0.05, 0.1) is 55.9 Å². The lowest BCUT2D eigenvalue weighted by Gasteiger charge is -2.32. The molecule has 0 fully saturated rings. The summed E-state index contributed by atoms with van der Waals surface area (Å²) in [6, 6.07) is 7.71. The number of hydrogen-bond acceptors (Lipinski definition) is 8. The van der Waals surface area contributed by atoms with Crippen LogP contribution in [0.15, 0.2) is 34.1 Å². The zero-order valence-corrected chi connectivity index (χ0v) is 17.8. The van der Waals surface area contributed by atoms with Crippen LogP contribution < -0.4 is 14.4 Å². The first-order chi connectivity index (χ1) is 14.2. The zero-order chi connectivity index (χ0) is 20.8. The summed E-state index contributed by atoms with van der Waals surface area (Å²) >= 11 is 1.52. The predicted octanol–water partition coefficient (Wildman–Crippen LogP) is 3.89. The molecule has 0 N–H and O–H groups in total. The van der Waals surface area contributed by atoms with Crippen molar-refractivity contribution in [3.8, 4) is 11.5 Å². The predicted molar refractivity (Wildman–Crippen MR) is 111 cm³/mol. The molecule has 2 aromatic rings. The molecule has 1 heterocycles. The van der Waals surface area contributed by atoms with Crippen LogP contribution in [0.3, 0.4) is 0 Å². The van der Waals surface area contributed by atoms with Crippen LogP contribution in [0.5, 0.6) is 11.5 Å². The van der Waals surface area contributed by atoms with E-state index in [-0.39, 0.29) is 6.79 Å². The highest BCUT2D eigenvalue weighted by molar-refractivity contribution is 8.00. The van der Waals surface area contributed by atoms with E-state index < -0.39 is 0 Å². The zero-order valence-electron chi connectivity index (χ0n) is 17.0. The highest BCUT2D eigenvalue weighted by atomic mass is 32.2. The Bertz CT molecular complexity index is 873. The second-order valence-corrected chi connectivity index (χ2v) is 7.29. The molecule has 29 heavy (non-hydrogen) atoms. The van der Waals surface area contributed by atoms with Crippen LogP contribution in [0.1, 0.15) is 15.9 Å². The summed E-state index contributed by atoms with van der Waals surface area (Å²) in [6.45, 7) is 1.45. The molecule has 2 aromatic carbocycles. The second kappa shape index (κ2) is 9.98. The number of ether oxygens (including phenoxy) is 5. The van der Waals surface area contributed by atoms with E-state index in [0.29, 0.717) is 31.1 Å². The Morgan fingerprint density at radius 3 is 2.28 bits per heavy atom. The van der Waals surface area contributed by atoms with Gasteiger partial charge in [0, 0.05) is 24.6 Å². The Morgan fingerprint density at radius 2 is 1.62 bits per heavy atom. The van der Waals surface area contributed by atoms with Gasteiger partial charge in [0.2, 0.25) is 0 Å². The number of hydrogen-bond donors (Lipinski definition) is 0. The molecule has 0 unspecified atom stereocenters. The van der Waals surface area contributed by atoms with Crippen LogP contribution in [0.25, 0.3) is 0 Å². The van der Waals surface area contributed by atoms with E-state index in [1.807, 2.05) is 31.3 Å². The van der Waals surface area contributed by atoms with Gasteiger partial charge in [-0.05, 0) is 24.3 Å². The van der Waals surface area contributed by atoms with Gasteiger partial charge in [-0.15, -0.1) is 0 Å². The molecule has 0 bridgehead atoms. The largest absolute Gasteiger partial charge is 0.496 e. The van der Waals surface area contributed by atoms with E-state index in [1.165, 1.54) is 11.8 Å². The van der Waals surface area contributed by atoms with Crippen molar-refractivity contribution >= 4 is 29.4 Å². The quantitative estimate of drug-likeness (QED) is 0.327. The number of rotatable bonds is 10. The van der Waals surface area contributed by atoms with Gasteiger partial charge in [0.15, 0.2) is 6.29 Å². The van der Waals surface area contributed by atoms with Gasteiger partial charge >= 0.3 is 0 Å². The number of carbonyl (C=O) groups is 1. The number of anilines is 2. The van der Waals surface area contributed by atoms with Crippen molar-refractivity contribution in [3.63, 3.8) is 0 Å².